The fourth-order valence-electron chi connectivity index (χ4n) is 3.77. The molecule has 5 aromatic rings. The molecule has 4 nitrogen and oxygen atoms in total. The minimum atomic E-state index is -0.439. The van der Waals surface area contributed by atoms with Gasteiger partial charge in [-0.15, -0.1) is 11.6 Å². The molecule has 0 aliphatic rings. The molecule has 0 unspecified atom stereocenters. The van der Waals surface area contributed by atoms with E-state index in [1.807, 2.05) is 47.1 Å². The molecule has 0 bridgehead atoms. The highest BCUT2D eigenvalue weighted by Gasteiger charge is 2.20. The number of halogens is 3. The number of aromatic nitrogens is 3. The van der Waals surface area contributed by atoms with Gasteiger partial charge in [0, 0.05) is 40.0 Å². The first-order valence-corrected chi connectivity index (χ1v) is 10.0. The third-order valence-corrected chi connectivity index (χ3v) is 5.71. The van der Waals surface area contributed by atoms with Crippen LogP contribution >= 0.6 is 23.2 Å². The summed E-state index contributed by atoms with van der Waals surface area (Å²) in [4.78, 5) is 7.85. The Bertz CT molecular complexity index is 1480. The number of pyridine rings is 1. The van der Waals surface area contributed by atoms with Crippen LogP contribution < -0.4 is 0 Å². The van der Waals surface area contributed by atoms with Crippen LogP contribution in [0.15, 0.2) is 60.9 Å². The van der Waals surface area contributed by atoms with Crippen molar-refractivity contribution in [2.45, 2.75) is 5.88 Å². The first-order valence-electron chi connectivity index (χ1n) is 9.13. The Morgan fingerprint density at radius 3 is 2.70 bits per heavy atom. The number of fused-ring (bicyclic) bond motifs is 2. The van der Waals surface area contributed by atoms with E-state index >= 15 is 0 Å². The summed E-state index contributed by atoms with van der Waals surface area (Å²) in [5.41, 5.74) is 5.38. The van der Waals surface area contributed by atoms with Crippen molar-refractivity contribution in [1.29, 1.82) is 5.26 Å². The lowest BCUT2D eigenvalue weighted by atomic mass is 9.98. The summed E-state index contributed by atoms with van der Waals surface area (Å²) in [6.45, 7) is 0. The molecule has 2 aromatic carbocycles. The Hall–Kier alpha value is -3.33. The van der Waals surface area contributed by atoms with Gasteiger partial charge in [0.25, 0.3) is 0 Å². The molecule has 0 aliphatic heterocycles. The van der Waals surface area contributed by atoms with Crippen LogP contribution in [0.4, 0.5) is 4.39 Å². The lowest BCUT2D eigenvalue weighted by Crippen LogP contribution is -1.98. The van der Waals surface area contributed by atoms with Gasteiger partial charge < -0.3 is 4.98 Å². The number of nitriles is 1. The van der Waals surface area contributed by atoms with Crippen molar-refractivity contribution in [2.24, 2.45) is 0 Å². The van der Waals surface area contributed by atoms with Crippen LogP contribution in [-0.2, 0) is 5.88 Å². The highest BCUT2D eigenvalue weighted by molar-refractivity contribution is 6.33. The Morgan fingerprint density at radius 1 is 1.10 bits per heavy atom. The van der Waals surface area contributed by atoms with Crippen molar-refractivity contribution in [3.8, 4) is 28.5 Å². The molecule has 0 aliphatic carbocycles. The van der Waals surface area contributed by atoms with E-state index in [-0.39, 0.29) is 10.9 Å². The Labute approximate surface area is 181 Å². The van der Waals surface area contributed by atoms with Crippen molar-refractivity contribution in [1.82, 2.24) is 14.4 Å². The standard InChI is InChI=1S/C23H13Cl2FN4/c24-9-14-12-30-22(19-11-28-21-4-2-1-3-16(19)21)8-17(18(10-27)23(30)29-14)15-6-5-13(26)7-20(15)25/h1-8,11-12,28H,9H2. The Kier molecular flexibility index (Phi) is 4.47. The topological polar surface area (TPSA) is 56.9 Å². The molecule has 0 saturated heterocycles. The average molecular weight is 435 g/mol. The third-order valence-electron chi connectivity index (χ3n) is 5.12. The number of imidazole rings is 1. The van der Waals surface area contributed by atoms with Crippen LogP contribution in [0.25, 0.3) is 38.9 Å². The Balaban J connectivity index is 1.91. The summed E-state index contributed by atoms with van der Waals surface area (Å²) in [5.74, 6) is -0.225. The van der Waals surface area contributed by atoms with Gasteiger partial charge in [-0.1, -0.05) is 29.8 Å². The minimum absolute atomic E-state index is 0.215. The fourth-order valence-corrected chi connectivity index (χ4v) is 4.17. The summed E-state index contributed by atoms with van der Waals surface area (Å²) < 4.78 is 15.5. The van der Waals surface area contributed by atoms with E-state index in [1.165, 1.54) is 12.1 Å². The van der Waals surface area contributed by atoms with Gasteiger partial charge >= 0.3 is 0 Å². The van der Waals surface area contributed by atoms with Gasteiger partial charge in [-0.3, -0.25) is 4.40 Å². The molecule has 146 valence electrons. The van der Waals surface area contributed by atoms with E-state index in [9.17, 15) is 9.65 Å². The lowest BCUT2D eigenvalue weighted by Gasteiger charge is -2.13. The molecular formula is C23H13Cl2FN4. The SMILES string of the molecule is N#Cc1c(-c2ccc(F)cc2Cl)cc(-c2c[nH]c3ccccc23)n2cc(CCl)nc12. The zero-order chi connectivity index (χ0) is 20.8. The molecule has 1 N–H and O–H groups in total. The van der Waals surface area contributed by atoms with Gasteiger partial charge in [-0.05, 0) is 30.3 Å². The van der Waals surface area contributed by atoms with Crippen LogP contribution in [0.1, 0.15) is 11.3 Å². The van der Waals surface area contributed by atoms with Gasteiger partial charge in [0.2, 0.25) is 0 Å². The highest BCUT2D eigenvalue weighted by atomic mass is 35.5. The fraction of sp³-hybridized carbons (Fsp3) is 0.0435. The molecule has 0 fully saturated rings. The zero-order valence-corrected chi connectivity index (χ0v) is 17.0. The normalized spacial score (nSPS) is 11.3. The summed E-state index contributed by atoms with van der Waals surface area (Å²) in [6.07, 6.45) is 3.75. The van der Waals surface area contributed by atoms with Gasteiger partial charge in [-0.2, -0.15) is 5.26 Å². The molecule has 0 radical (unpaired) electrons. The number of alkyl halides is 1. The third kappa shape index (κ3) is 2.85. The number of rotatable bonds is 3. The second kappa shape index (κ2) is 7.17. The lowest BCUT2D eigenvalue weighted by molar-refractivity contribution is 0.628. The predicted molar refractivity (Wildman–Crippen MR) is 117 cm³/mol. The molecule has 0 saturated carbocycles. The number of nitrogens with one attached hydrogen (secondary N) is 1. The molecule has 0 spiro atoms. The van der Waals surface area contributed by atoms with E-state index in [0.717, 1.165) is 22.2 Å². The maximum absolute atomic E-state index is 13.6. The van der Waals surface area contributed by atoms with Crippen LogP contribution in [0.3, 0.4) is 0 Å². The number of H-pyrrole nitrogens is 1. The zero-order valence-electron chi connectivity index (χ0n) is 15.5. The van der Waals surface area contributed by atoms with Crippen LogP contribution in [-0.4, -0.2) is 14.4 Å². The van der Waals surface area contributed by atoms with E-state index < -0.39 is 5.82 Å². The van der Waals surface area contributed by atoms with E-state index in [4.69, 9.17) is 23.2 Å². The van der Waals surface area contributed by atoms with E-state index in [0.29, 0.717) is 28.0 Å². The number of hydrogen-bond donors (Lipinski definition) is 1. The quantitative estimate of drug-likeness (QED) is 0.327. The molecule has 3 heterocycles. The van der Waals surface area contributed by atoms with Crippen molar-refractivity contribution >= 4 is 39.8 Å². The monoisotopic (exact) mass is 434 g/mol. The van der Waals surface area contributed by atoms with Crippen molar-refractivity contribution < 1.29 is 4.39 Å². The summed E-state index contributed by atoms with van der Waals surface area (Å²) >= 11 is 12.4. The maximum atomic E-state index is 13.6. The van der Waals surface area contributed by atoms with Crippen molar-refractivity contribution in [3.05, 3.63) is 83.0 Å². The highest BCUT2D eigenvalue weighted by Crippen LogP contribution is 2.38. The van der Waals surface area contributed by atoms with Gasteiger partial charge in [0.05, 0.1) is 22.3 Å². The largest absolute Gasteiger partial charge is 0.360 e. The first kappa shape index (κ1) is 18.7. The smallest absolute Gasteiger partial charge is 0.156 e. The van der Waals surface area contributed by atoms with E-state index in [1.54, 1.807) is 6.07 Å². The number of hydrogen-bond acceptors (Lipinski definition) is 2. The van der Waals surface area contributed by atoms with Gasteiger partial charge in [0.15, 0.2) is 5.65 Å². The summed E-state index contributed by atoms with van der Waals surface area (Å²) in [5, 5.41) is 11.2. The number of benzene rings is 2. The van der Waals surface area contributed by atoms with Gasteiger partial charge in [-0.25, -0.2) is 9.37 Å². The maximum Gasteiger partial charge on any atom is 0.156 e. The Morgan fingerprint density at radius 2 is 1.93 bits per heavy atom. The van der Waals surface area contributed by atoms with Gasteiger partial charge in [0.1, 0.15) is 17.4 Å². The van der Waals surface area contributed by atoms with E-state index in [2.05, 4.69) is 16.0 Å². The molecule has 0 atom stereocenters. The van der Waals surface area contributed by atoms with Crippen LogP contribution in [0.5, 0.6) is 0 Å². The number of nitrogens with zero attached hydrogens (tertiary/aromatic N) is 3. The number of aromatic amines is 1. The second-order valence-electron chi connectivity index (χ2n) is 6.86. The van der Waals surface area contributed by atoms with Crippen LogP contribution in [0, 0.1) is 17.1 Å². The van der Waals surface area contributed by atoms with Crippen LogP contribution in [0.2, 0.25) is 5.02 Å². The predicted octanol–water partition coefficient (Wildman–Crippen LogP) is 6.55. The average Bonchev–Trinajstić information content (AvgIpc) is 3.37. The minimum Gasteiger partial charge on any atom is -0.360 e. The molecule has 5 rings (SSSR count). The molecule has 3 aromatic heterocycles. The summed E-state index contributed by atoms with van der Waals surface area (Å²) in [6, 6.07) is 16.2. The molecule has 7 heteroatoms. The molecular weight excluding hydrogens is 422 g/mol. The van der Waals surface area contributed by atoms with Crippen molar-refractivity contribution in [2.75, 3.05) is 0 Å². The first-order chi connectivity index (χ1) is 14.6. The second-order valence-corrected chi connectivity index (χ2v) is 7.54. The van der Waals surface area contributed by atoms with Crippen molar-refractivity contribution in [3.63, 3.8) is 0 Å². The summed E-state index contributed by atoms with van der Waals surface area (Å²) in [7, 11) is 0. The number of para-hydroxylation sites is 1. The molecule has 0 amide bonds. The molecule has 30 heavy (non-hydrogen) atoms.